The molecule has 0 aromatic rings. The first-order valence-corrected chi connectivity index (χ1v) is 17.9. The Bertz CT molecular complexity index is 309. The van der Waals surface area contributed by atoms with Crippen molar-refractivity contribution in [3.8, 4) is 0 Å². The summed E-state index contributed by atoms with van der Waals surface area (Å²) in [5.74, 6) is 0. The summed E-state index contributed by atoms with van der Waals surface area (Å²) >= 11 is -2.34. The number of aliphatic hydroxyl groups is 1. The van der Waals surface area contributed by atoms with Gasteiger partial charge in [0.1, 0.15) is 0 Å². The zero-order chi connectivity index (χ0) is 17.2. The molecule has 0 aromatic heterocycles. The maximum atomic E-state index is 11.1. The number of hydrogen-bond donors (Lipinski definition) is 1. The van der Waals surface area contributed by atoms with E-state index >= 15 is 0 Å². The third kappa shape index (κ3) is 7.10. The molecule has 0 atom stereocenters. The molecule has 0 aromatic carbocycles. The predicted octanol–water partition coefficient (Wildman–Crippen LogP) is 7.02. The van der Waals surface area contributed by atoms with E-state index in [0.717, 1.165) is 19.3 Å². The van der Waals surface area contributed by atoms with Gasteiger partial charge in [0.15, 0.2) is 0 Å². The fraction of sp³-hybridized carbons (Fsp3) is 0.905. The van der Waals surface area contributed by atoms with Crippen molar-refractivity contribution in [2.45, 2.75) is 117 Å². The van der Waals surface area contributed by atoms with Gasteiger partial charge in [-0.3, -0.25) is 0 Å². The van der Waals surface area contributed by atoms with Crippen LogP contribution in [0.2, 0.25) is 13.3 Å². The van der Waals surface area contributed by atoms with Gasteiger partial charge >= 0.3 is 150 Å². The minimum atomic E-state index is -2.34. The van der Waals surface area contributed by atoms with Gasteiger partial charge < -0.3 is 0 Å². The topological polar surface area (TPSA) is 20.2 Å². The standard InChI is InChI=1S/C9H15O.3C4H9.Sn/c1-2-6-9(10)7-4-3-5-8-9;3*1-3-4-2;/h10H,1,3-8H2;3*1,3-4H2,2H3;. The molecule has 2 heteroatoms. The third-order valence-corrected chi connectivity index (χ3v) is 22.1. The third-order valence-electron chi connectivity index (χ3n) is 6.10. The van der Waals surface area contributed by atoms with E-state index in [2.05, 4.69) is 27.4 Å². The molecule has 23 heavy (non-hydrogen) atoms. The number of unbranched alkanes of at least 4 members (excludes halogenated alkanes) is 3. The first-order chi connectivity index (χ1) is 11.0. The quantitative estimate of drug-likeness (QED) is 0.331. The van der Waals surface area contributed by atoms with Gasteiger partial charge in [0, 0.05) is 0 Å². The minimum absolute atomic E-state index is 0.401. The fourth-order valence-electron chi connectivity index (χ4n) is 4.42. The molecule has 1 nitrogen and oxygen atoms in total. The molecule has 0 bridgehead atoms. The molecular weight excluding hydrogens is 387 g/mol. The molecule has 0 radical (unpaired) electrons. The monoisotopic (exact) mass is 430 g/mol. The Balaban J connectivity index is 2.85. The first-order valence-electron chi connectivity index (χ1n) is 10.4. The van der Waals surface area contributed by atoms with E-state index in [0.29, 0.717) is 0 Å². The van der Waals surface area contributed by atoms with Crippen LogP contribution in [-0.2, 0) is 0 Å². The Hall–Kier alpha value is 0.499. The molecule has 0 aliphatic heterocycles. The van der Waals surface area contributed by atoms with Crippen LogP contribution in [0.15, 0.2) is 10.2 Å². The average molecular weight is 429 g/mol. The summed E-state index contributed by atoms with van der Waals surface area (Å²) in [5, 5.41) is 11.1. The molecule has 1 aliphatic carbocycles. The van der Waals surface area contributed by atoms with Crippen molar-refractivity contribution in [2.24, 2.45) is 0 Å². The summed E-state index contributed by atoms with van der Waals surface area (Å²) in [6.45, 7) is 11.6. The van der Waals surface area contributed by atoms with Gasteiger partial charge in [0.05, 0.1) is 0 Å². The molecule has 1 rings (SSSR count). The zero-order valence-corrected chi connectivity index (χ0v) is 19.1. The Morgan fingerprint density at radius 2 is 1.30 bits per heavy atom. The van der Waals surface area contributed by atoms with E-state index in [-0.39, 0.29) is 0 Å². The van der Waals surface area contributed by atoms with Gasteiger partial charge in [0.25, 0.3) is 0 Å². The second-order valence-corrected chi connectivity index (χ2v) is 21.8. The van der Waals surface area contributed by atoms with E-state index in [1.165, 1.54) is 71.1 Å². The van der Waals surface area contributed by atoms with Gasteiger partial charge in [-0.15, -0.1) is 0 Å². The van der Waals surface area contributed by atoms with E-state index in [1.807, 2.05) is 0 Å². The normalized spacial score (nSPS) is 18.1. The molecule has 1 aliphatic rings. The van der Waals surface area contributed by atoms with Gasteiger partial charge in [0.2, 0.25) is 0 Å². The molecule has 1 saturated carbocycles. The van der Waals surface area contributed by atoms with E-state index in [4.69, 9.17) is 0 Å². The molecule has 0 amide bonds. The molecule has 0 spiro atoms. The van der Waals surface area contributed by atoms with E-state index in [9.17, 15) is 5.11 Å². The summed E-state index contributed by atoms with van der Waals surface area (Å²) in [6, 6.07) is 0. The molecule has 0 unspecified atom stereocenters. The van der Waals surface area contributed by atoms with E-state index < -0.39 is 24.0 Å². The molecule has 136 valence electrons. The van der Waals surface area contributed by atoms with Crippen LogP contribution in [0.5, 0.6) is 0 Å². The van der Waals surface area contributed by atoms with Crippen molar-refractivity contribution in [3.63, 3.8) is 0 Å². The van der Waals surface area contributed by atoms with Crippen LogP contribution < -0.4 is 0 Å². The summed E-state index contributed by atoms with van der Waals surface area (Å²) in [7, 11) is 0. The summed E-state index contributed by atoms with van der Waals surface area (Å²) in [6.07, 6.45) is 14.8. The number of rotatable bonds is 12. The van der Waals surface area contributed by atoms with Crippen LogP contribution in [-0.4, -0.2) is 29.1 Å². The van der Waals surface area contributed by atoms with Crippen LogP contribution in [0, 0.1) is 0 Å². The summed E-state index contributed by atoms with van der Waals surface area (Å²) in [4.78, 5) is 0. The van der Waals surface area contributed by atoms with Crippen LogP contribution in [0.1, 0.15) is 97.8 Å². The predicted molar refractivity (Wildman–Crippen MR) is 107 cm³/mol. The van der Waals surface area contributed by atoms with Crippen LogP contribution >= 0.6 is 0 Å². The van der Waals surface area contributed by atoms with Crippen molar-refractivity contribution < 1.29 is 5.11 Å². The van der Waals surface area contributed by atoms with Gasteiger partial charge in [-0.25, -0.2) is 0 Å². The molecule has 1 N–H and O–H groups in total. The van der Waals surface area contributed by atoms with Crippen molar-refractivity contribution in [1.82, 2.24) is 0 Å². The van der Waals surface area contributed by atoms with E-state index in [1.54, 1.807) is 3.59 Å². The molecule has 0 heterocycles. The van der Waals surface area contributed by atoms with Gasteiger partial charge in [-0.05, 0) is 0 Å². The average Bonchev–Trinajstić information content (AvgIpc) is 2.54. The van der Waals surface area contributed by atoms with Crippen LogP contribution in [0.4, 0.5) is 0 Å². The SMILES string of the molecule is C=[C](CC1(O)CCCCC1)[Sn]([CH2]CCC)([CH2]CCC)[CH2]CCC. The van der Waals surface area contributed by atoms with Crippen molar-refractivity contribution >= 4 is 18.4 Å². The van der Waals surface area contributed by atoms with Crippen LogP contribution in [0.3, 0.4) is 0 Å². The Morgan fingerprint density at radius 3 is 1.70 bits per heavy atom. The zero-order valence-electron chi connectivity index (χ0n) is 16.3. The van der Waals surface area contributed by atoms with Crippen LogP contribution in [0.25, 0.3) is 0 Å². The molecule has 1 fully saturated rings. The van der Waals surface area contributed by atoms with Crippen molar-refractivity contribution in [3.05, 3.63) is 10.2 Å². The fourth-order valence-corrected chi connectivity index (χ4v) is 20.4. The Morgan fingerprint density at radius 1 is 0.870 bits per heavy atom. The second kappa shape index (κ2) is 11.2. The van der Waals surface area contributed by atoms with Crippen molar-refractivity contribution in [1.29, 1.82) is 0 Å². The second-order valence-electron chi connectivity index (χ2n) is 8.16. The maximum absolute atomic E-state index is 11.1. The summed E-state index contributed by atoms with van der Waals surface area (Å²) < 4.78 is 6.04. The van der Waals surface area contributed by atoms with Gasteiger partial charge in [-0.2, -0.15) is 0 Å². The Labute approximate surface area is 150 Å². The molecular formula is C21H42OSn. The molecule has 0 saturated heterocycles. The number of hydrogen-bond acceptors (Lipinski definition) is 1. The van der Waals surface area contributed by atoms with Gasteiger partial charge in [-0.1, -0.05) is 0 Å². The summed E-state index contributed by atoms with van der Waals surface area (Å²) in [5.41, 5.74) is -0.401. The first kappa shape index (κ1) is 21.5. The Kier molecular flexibility index (Phi) is 10.5. The van der Waals surface area contributed by atoms with Crippen molar-refractivity contribution in [2.75, 3.05) is 0 Å².